The summed E-state index contributed by atoms with van der Waals surface area (Å²) in [4.78, 5) is 12.0. The average Bonchev–Trinajstić information content (AvgIpc) is 3.17. The molecule has 0 radical (unpaired) electrons. The van der Waals surface area contributed by atoms with E-state index in [9.17, 15) is 4.79 Å². The van der Waals surface area contributed by atoms with Crippen LogP contribution < -0.4 is 5.32 Å². The van der Waals surface area contributed by atoms with Crippen LogP contribution in [0.25, 0.3) is 11.0 Å². The molecule has 108 valence electrons. The van der Waals surface area contributed by atoms with Crippen LogP contribution in [0.15, 0.2) is 35.0 Å². The number of hydrogen-bond acceptors (Lipinski definition) is 5. The zero-order chi connectivity index (χ0) is 14.5. The first-order valence-electron chi connectivity index (χ1n) is 6.50. The number of hydrogen-bond donors (Lipinski definition) is 2. The molecular formula is C14H14N4OS2. The van der Waals surface area contributed by atoms with Crippen molar-refractivity contribution in [3.63, 3.8) is 0 Å². The van der Waals surface area contributed by atoms with Crippen LogP contribution in [0.5, 0.6) is 0 Å². The van der Waals surface area contributed by atoms with Crippen molar-refractivity contribution in [3.05, 3.63) is 46.2 Å². The molecule has 5 nitrogen and oxygen atoms in total. The van der Waals surface area contributed by atoms with Crippen LogP contribution in [0.1, 0.15) is 15.9 Å². The molecule has 21 heavy (non-hydrogen) atoms. The Hall–Kier alpha value is -1.86. The highest BCUT2D eigenvalue weighted by atomic mass is 32.2. The number of nitrogens with zero attached hydrogens (tertiary/aromatic N) is 2. The van der Waals surface area contributed by atoms with E-state index in [1.807, 2.05) is 11.8 Å². The largest absolute Gasteiger partial charge is 0.351 e. The van der Waals surface area contributed by atoms with Gasteiger partial charge >= 0.3 is 0 Å². The normalized spacial score (nSPS) is 10.9. The van der Waals surface area contributed by atoms with E-state index in [0.717, 1.165) is 17.0 Å². The van der Waals surface area contributed by atoms with Crippen molar-refractivity contribution >= 4 is 40.0 Å². The van der Waals surface area contributed by atoms with Crippen LogP contribution in [-0.4, -0.2) is 33.6 Å². The minimum Gasteiger partial charge on any atom is -0.351 e. The van der Waals surface area contributed by atoms with Gasteiger partial charge in [-0.3, -0.25) is 4.79 Å². The number of H-pyrrole nitrogens is 1. The third kappa shape index (κ3) is 3.62. The van der Waals surface area contributed by atoms with Crippen molar-refractivity contribution in [2.45, 2.75) is 5.75 Å². The smallest absolute Gasteiger partial charge is 0.251 e. The fraction of sp³-hybridized carbons (Fsp3) is 0.214. The second kappa shape index (κ2) is 6.73. The topological polar surface area (TPSA) is 70.7 Å². The Labute approximate surface area is 130 Å². The van der Waals surface area contributed by atoms with Crippen LogP contribution in [0.4, 0.5) is 0 Å². The zero-order valence-corrected chi connectivity index (χ0v) is 12.8. The molecule has 0 saturated heterocycles. The molecule has 1 amide bonds. The van der Waals surface area contributed by atoms with Crippen molar-refractivity contribution in [3.8, 4) is 0 Å². The van der Waals surface area contributed by atoms with Crippen LogP contribution in [0.2, 0.25) is 0 Å². The maximum Gasteiger partial charge on any atom is 0.251 e. The van der Waals surface area contributed by atoms with Gasteiger partial charge in [0, 0.05) is 23.6 Å². The number of aromatic amines is 1. The minimum absolute atomic E-state index is 0.0731. The molecule has 1 aromatic carbocycles. The number of benzene rings is 1. The molecular weight excluding hydrogens is 304 g/mol. The van der Waals surface area contributed by atoms with Gasteiger partial charge in [0.1, 0.15) is 11.0 Å². The van der Waals surface area contributed by atoms with Crippen LogP contribution in [-0.2, 0) is 5.75 Å². The minimum atomic E-state index is -0.0731. The lowest BCUT2D eigenvalue weighted by Gasteiger charge is -2.04. The lowest BCUT2D eigenvalue weighted by atomic mass is 10.2. The highest BCUT2D eigenvalue weighted by Crippen LogP contribution is 2.14. The molecule has 7 heteroatoms. The Balaban J connectivity index is 1.45. The van der Waals surface area contributed by atoms with Gasteiger partial charge in [0.05, 0.1) is 0 Å². The molecule has 0 fully saturated rings. The summed E-state index contributed by atoms with van der Waals surface area (Å²) in [5.74, 6) is 1.81. The quantitative estimate of drug-likeness (QED) is 0.686. The number of nitrogens with one attached hydrogen (secondary N) is 2. The van der Waals surface area contributed by atoms with Crippen LogP contribution >= 0.6 is 23.1 Å². The number of thiophene rings is 1. The van der Waals surface area contributed by atoms with Gasteiger partial charge in [0.15, 0.2) is 0 Å². The number of fused-ring (bicyclic) bond motifs is 1. The molecule has 3 aromatic rings. The Morgan fingerprint density at radius 3 is 3.05 bits per heavy atom. The number of aromatic nitrogens is 3. The van der Waals surface area contributed by atoms with Crippen LogP contribution in [0, 0.1) is 0 Å². The van der Waals surface area contributed by atoms with E-state index in [1.54, 1.807) is 29.5 Å². The highest BCUT2D eigenvalue weighted by molar-refractivity contribution is 7.98. The first-order chi connectivity index (χ1) is 10.3. The number of carbonyl (C=O) groups excluding carboxylic acids is 1. The summed E-state index contributed by atoms with van der Waals surface area (Å²) >= 11 is 3.53. The van der Waals surface area contributed by atoms with E-state index in [1.165, 1.54) is 5.56 Å². The maximum absolute atomic E-state index is 12.0. The fourth-order valence-corrected chi connectivity index (χ4v) is 3.47. The Kier molecular flexibility index (Phi) is 4.52. The van der Waals surface area contributed by atoms with E-state index in [4.69, 9.17) is 0 Å². The summed E-state index contributed by atoms with van der Waals surface area (Å²) in [6.07, 6.45) is 0. The van der Waals surface area contributed by atoms with Gasteiger partial charge in [0.25, 0.3) is 5.91 Å². The molecule has 0 unspecified atom stereocenters. The number of rotatable bonds is 6. The number of carbonyl (C=O) groups is 1. The predicted octanol–water partition coefficient (Wildman–Crippen LogP) is 2.68. The molecule has 0 aliphatic rings. The lowest BCUT2D eigenvalue weighted by molar-refractivity contribution is 0.0956. The van der Waals surface area contributed by atoms with E-state index in [2.05, 4.69) is 37.6 Å². The summed E-state index contributed by atoms with van der Waals surface area (Å²) in [6.45, 7) is 0.657. The van der Waals surface area contributed by atoms with Crippen LogP contribution in [0.3, 0.4) is 0 Å². The highest BCUT2D eigenvalue weighted by Gasteiger charge is 2.07. The molecule has 2 heterocycles. The van der Waals surface area contributed by atoms with Gasteiger partial charge < -0.3 is 5.32 Å². The summed E-state index contributed by atoms with van der Waals surface area (Å²) in [5.41, 5.74) is 3.42. The van der Waals surface area contributed by atoms with E-state index >= 15 is 0 Å². The second-order valence-electron chi connectivity index (χ2n) is 4.47. The molecule has 2 N–H and O–H groups in total. The molecule has 0 atom stereocenters. The van der Waals surface area contributed by atoms with Crippen molar-refractivity contribution < 1.29 is 4.79 Å². The third-order valence-corrected chi connectivity index (χ3v) is 4.72. The summed E-state index contributed by atoms with van der Waals surface area (Å²) in [7, 11) is 0. The standard InChI is InChI=1S/C14H14N4OS2/c19-14(11-1-2-12-13(7-11)17-18-16-12)15-4-6-21-9-10-3-5-20-8-10/h1-3,5,7-8H,4,6,9H2,(H,15,19)(H,16,17,18). The molecule has 0 saturated carbocycles. The first-order valence-corrected chi connectivity index (χ1v) is 8.60. The van der Waals surface area contributed by atoms with E-state index in [0.29, 0.717) is 17.6 Å². The second-order valence-corrected chi connectivity index (χ2v) is 6.35. The molecule has 0 spiro atoms. The van der Waals surface area contributed by atoms with Gasteiger partial charge in [0.2, 0.25) is 0 Å². The molecule has 2 aromatic heterocycles. The van der Waals surface area contributed by atoms with Crippen molar-refractivity contribution in [2.75, 3.05) is 12.3 Å². The Morgan fingerprint density at radius 2 is 2.19 bits per heavy atom. The number of amides is 1. The van der Waals surface area contributed by atoms with Crippen molar-refractivity contribution in [2.24, 2.45) is 0 Å². The SMILES string of the molecule is O=C(NCCSCc1ccsc1)c1ccc2n[nH]nc2c1. The van der Waals surface area contributed by atoms with E-state index < -0.39 is 0 Å². The monoisotopic (exact) mass is 318 g/mol. The third-order valence-electron chi connectivity index (χ3n) is 2.96. The van der Waals surface area contributed by atoms with Gasteiger partial charge in [-0.25, -0.2) is 0 Å². The predicted molar refractivity (Wildman–Crippen MR) is 86.7 cm³/mol. The van der Waals surface area contributed by atoms with Crippen molar-refractivity contribution in [1.29, 1.82) is 0 Å². The molecule has 0 aliphatic heterocycles. The van der Waals surface area contributed by atoms with E-state index in [-0.39, 0.29) is 5.91 Å². The first kappa shape index (κ1) is 14.1. The molecule has 3 rings (SSSR count). The van der Waals surface area contributed by atoms with Gasteiger partial charge in [-0.2, -0.15) is 38.5 Å². The maximum atomic E-state index is 12.0. The Morgan fingerprint density at radius 1 is 1.29 bits per heavy atom. The summed E-state index contributed by atoms with van der Waals surface area (Å²) < 4.78 is 0. The number of thioether (sulfide) groups is 1. The fourth-order valence-electron chi connectivity index (χ4n) is 1.89. The van der Waals surface area contributed by atoms with Gasteiger partial charge in [-0.05, 0) is 40.6 Å². The zero-order valence-electron chi connectivity index (χ0n) is 11.2. The molecule has 0 aliphatic carbocycles. The van der Waals surface area contributed by atoms with Crippen molar-refractivity contribution in [1.82, 2.24) is 20.7 Å². The average molecular weight is 318 g/mol. The molecule has 0 bridgehead atoms. The summed E-state index contributed by atoms with van der Waals surface area (Å²) in [6, 6.07) is 7.42. The Bertz CT molecular complexity index is 723. The summed E-state index contributed by atoms with van der Waals surface area (Å²) in [5, 5.41) is 17.6. The van der Waals surface area contributed by atoms with Gasteiger partial charge in [-0.15, -0.1) is 0 Å². The van der Waals surface area contributed by atoms with Gasteiger partial charge in [-0.1, -0.05) is 0 Å². The lowest BCUT2D eigenvalue weighted by Crippen LogP contribution is -2.25.